The van der Waals surface area contributed by atoms with Crippen LogP contribution < -0.4 is 0 Å². The highest BCUT2D eigenvalue weighted by atomic mass is 35.5. The second kappa shape index (κ2) is 4.41. The van der Waals surface area contributed by atoms with Crippen molar-refractivity contribution in [2.24, 2.45) is 0 Å². The van der Waals surface area contributed by atoms with Crippen molar-refractivity contribution in [1.29, 1.82) is 0 Å². The number of hydrogen-bond acceptors (Lipinski definition) is 2. The SMILES string of the molecule is O=C(Cl)c1cc(F)cc(-c2ccncc2)c1. The lowest BCUT2D eigenvalue weighted by Gasteiger charge is -2.03. The number of halogens is 2. The van der Waals surface area contributed by atoms with Crippen LogP contribution in [0.3, 0.4) is 0 Å². The van der Waals surface area contributed by atoms with Gasteiger partial charge in [-0.15, -0.1) is 0 Å². The summed E-state index contributed by atoms with van der Waals surface area (Å²) in [5, 5.41) is -0.671. The van der Waals surface area contributed by atoms with Crippen LogP contribution in [0.15, 0.2) is 42.7 Å². The summed E-state index contributed by atoms with van der Waals surface area (Å²) in [6.07, 6.45) is 3.20. The minimum atomic E-state index is -0.671. The topological polar surface area (TPSA) is 30.0 Å². The Balaban J connectivity index is 2.54. The van der Waals surface area contributed by atoms with Gasteiger partial charge in [-0.3, -0.25) is 9.78 Å². The molecule has 4 heteroatoms. The molecule has 0 unspecified atom stereocenters. The zero-order chi connectivity index (χ0) is 11.5. The second-order valence-corrected chi connectivity index (χ2v) is 3.58. The highest BCUT2D eigenvalue weighted by Crippen LogP contribution is 2.22. The van der Waals surface area contributed by atoms with Gasteiger partial charge in [-0.1, -0.05) is 0 Å². The van der Waals surface area contributed by atoms with Crippen molar-refractivity contribution in [1.82, 2.24) is 4.98 Å². The van der Waals surface area contributed by atoms with Crippen molar-refractivity contribution >= 4 is 16.8 Å². The maximum atomic E-state index is 13.2. The molecule has 0 bridgehead atoms. The van der Waals surface area contributed by atoms with Crippen molar-refractivity contribution in [2.45, 2.75) is 0 Å². The van der Waals surface area contributed by atoms with Crippen molar-refractivity contribution in [3.8, 4) is 11.1 Å². The van der Waals surface area contributed by atoms with E-state index in [1.807, 2.05) is 0 Å². The van der Waals surface area contributed by atoms with Crippen molar-refractivity contribution in [3.63, 3.8) is 0 Å². The van der Waals surface area contributed by atoms with Crippen LogP contribution in [0.25, 0.3) is 11.1 Å². The van der Waals surface area contributed by atoms with Gasteiger partial charge in [0.2, 0.25) is 0 Å². The van der Waals surface area contributed by atoms with Crippen LogP contribution in [0.5, 0.6) is 0 Å². The van der Waals surface area contributed by atoms with E-state index in [-0.39, 0.29) is 5.56 Å². The van der Waals surface area contributed by atoms with Gasteiger partial charge in [-0.25, -0.2) is 4.39 Å². The molecule has 1 aromatic carbocycles. The monoisotopic (exact) mass is 235 g/mol. The number of rotatable bonds is 2. The van der Waals surface area contributed by atoms with Gasteiger partial charge in [-0.2, -0.15) is 0 Å². The van der Waals surface area contributed by atoms with Gasteiger partial charge in [0.1, 0.15) is 5.82 Å². The third kappa shape index (κ3) is 2.25. The van der Waals surface area contributed by atoms with E-state index < -0.39 is 11.1 Å². The third-order valence-corrected chi connectivity index (χ3v) is 2.36. The number of carbonyl (C=O) groups excluding carboxylic acids is 1. The van der Waals surface area contributed by atoms with Gasteiger partial charge < -0.3 is 0 Å². The maximum absolute atomic E-state index is 13.2. The second-order valence-electron chi connectivity index (χ2n) is 3.24. The van der Waals surface area contributed by atoms with Gasteiger partial charge in [0, 0.05) is 18.0 Å². The minimum Gasteiger partial charge on any atom is -0.276 e. The van der Waals surface area contributed by atoms with Crippen molar-refractivity contribution < 1.29 is 9.18 Å². The standard InChI is InChI=1S/C12H7ClFNO/c13-12(16)10-5-9(6-11(14)7-10)8-1-3-15-4-2-8/h1-7H. The molecule has 2 nitrogen and oxygen atoms in total. The molecule has 2 aromatic rings. The molecule has 0 amide bonds. The average Bonchev–Trinajstić information content (AvgIpc) is 2.29. The van der Waals surface area contributed by atoms with Gasteiger partial charge in [0.15, 0.2) is 0 Å². The van der Waals surface area contributed by atoms with Crippen molar-refractivity contribution in [2.75, 3.05) is 0 Å². The minimum absolute atomic E-state index is 0.147. The lowest BCUT2D eigenvalue weighted by Crippen LogP contribution is -1.92. The fraction of sp³-hybridized carbons (Fsp3) is 0. The predicted molar refractivity (Wildman–Crippen MR) is 59.8 cm³/mol. The molecule has 0 spiro atoms. The summed E-state index contributed by atoms with van der Waals surface area (Å²) >= 11 is 5.32. The van der Waals surface area contributed by atoms with Crippen LogP contribution >= 0.6 is 11.6 Å². The molecule has 0 saturated carbocycles. The van der Waals surface area contributed by atoms with Crippen LogP contribution in [-0.2, 0) is 0 Å². The summed E-state index contributed by atoms with van der Waals surface area (Å²) in [6.45, 7) is 0. The first-order chi connectivity index (χ1) is 7.66. The molecule has 1 heterocycles. The van der Waals surface area contributed by atoms with E-state index in [0.29, 0.717) is 5.56 Å². The lowest BCUT2D eigenvalue weighted by atomic mass is 10.0. The van der Waals surface area contributed by atoms with E-state index >= 15 is 0 Å². The molecular formula is C12H7ClFNO. The molecule has 0 fully saturated rings. The normalized spacial score (nSPS) is 10.1. The summed E-state index contributed by atoms with van der Waals surface area (Å²) in [4.78, 5) is 14.8. The Labute approximate surface area is 96.7 Å². The predicted octanol–water partition coefficient (Wildman–Crippen LogP) is 3.27. The molecule has 0 N–H and O–H groups in total. The number of nitrogens with zero attached hydrogens (tertiary/aromatic N) is 1. The first kappa shape index (κ1) is 10.8. The Kier molecular flexibility index (Phi) is 2.97. The van der Waals surface area contributed by atoms with Crippen LogP contribution in [0.4, 0.5) is 4.39 Å². The van der Waals surface area contributed by atoms with Gasteiger partial charge in [0.05, 0.1) is 0 Å². The van der Waals surface area contributed by atoms with Crippen LogP contribution in [0, 0.1) is 5.82 Å². The molecule has 0 atom stereocenters. The highest BCUT2D eigenvalue weighted by molar-refractivity contribution is 6.67. The van der Waals surface area contributed by atoms with Crippen LogP contribution in [-0.4, -0.2) is 10.2 Å². The van der Waals surface area contributed by atoms with E-state index in [1.54, 1.807) is 30.6 Å². The van der Waals surface area contributed by atoms with Gasteiger partial charge >= 0.3 is 0 Å². The molecule has 80 valence electrons. The average molecular weight is 236 g/mol. The van der Waals surface area contributed by atoms with Gasteiger partial charge in [-0.05, 0) is 53.1 Å². The Morgan fingerprint density at radius 1 is 1.12 bits per heavy atom. The first-order valence-corrected chi connectivity index (χ1v) is 4.95. The van der Waals surface area contributed by atoms with E-state index in [4.69, 9.17) is 11.6 Å². The number of hydrogen-bond donors (Lipinski definition) is 0. The maximum Gasteiger partial charge on any atom is 0.252 e. The highest BCUT2D eigenvalue weighted by Gasteiger charge is 2.07. The van der Waals surface area contributed by atoms with Crippen molar-refractivity contribution in [3.05, 3.63) is 54.1 Å². The third-order valence-electron chi connectivity index (χ3n) is 2.14. The Morgan fingerprint density at radius 3 is 2.44 bits per heavy atom. The van der Waals surface area contributed by atoms with E-state index in [1.165, 1.54) is 6.07 Å². The van der Waals surface area contributed by atoms with E-state index in [9.17, 15) is 9.18 Å². The molecule has 0 aliphatic carbocycles. The summed E-state index contributed by atoms with van der Waals surface area (Å²) in [5.41, 5.74) is 1.54. The van der Waals surface area contributed by atoms with Gasteiger partial charge in [0.25, 0.3) is 5.24 Å². The fourth-order valence-electron chi connectivity index (χ4n) is 1.41. The largest absolute Gasteiger partial charge is 0.276 e. The molecule has 0 aliphatic rings. The molecule has 0 radical (unpaired) electrons. The quantitative estimate of drug-likeness (QED) is 0.748. The van der Waals surface area contributed by atoms with E-state index in [0.717, 1.165) is 11.6 Å². The lowest BCUT2D eigenvalue weighted by molar-refractivity contribution is 0.108. The summed E-state index contributed by atoms with van der Waals surface area (Å²) < 4.78 is 13.2. The molecule has 2 rings (SSSR count). The zero-order valence-electron chi connectivity index (χ0n) is 8.15. The summed E-state index contributed by atoms with van der Waals surface area (Å²) in [6, 6.07) is 7.47. The number of aromatic nitrogens is 1. The fourth-order valence-corrected chi connectivity index (χ4v) is 1.52. The Hall–Kier alpha value is -1.74. The smallest absolute Gasteiger partial charge is 0.252 e. The molecule has 16 heavy (non-hydrogen) atoms. The van der Waals surface area contributed by atoms with E-state index in [2.05, 4.69) is 4.98 Å². The summed E-state index contributed by atoms with van der Waals surface area (Å²) in [7, 11) is 0. The summed E-state index contributed by atoms with van der Waals surface area (Å²) in [5.74, 6) is -0.488. The number of carbonyl (C=O) groups is 1. The molecule has 0 saturated heterocycles. The molecule has 1 aromatic heterocycles. The Bertz CT molecular complexity index is 528. The Morgan fingerprint density at radius 2 is 1.81 bits per heavy atom. The number of pyridine rings is 1. The molecule has 0 aliphatic heterocycles. The molecular weight excluding hydrogens is 229 g/mol. The zero-order valence-corrected chi connectivity index (χ0v) is 8.91. The van der Waals surface area contributed by atoms with Crippen LogP contribution in [0.1, 0.15) is 10.4 Å². The first-order valence-electron chi connectivity index (χ1n) is 4.57. The van der Waals surface area contributed by atoms with Crippen LogP contribution in [0.2, 0.25) is 0 Å². The number of benzene rings is 1.